The van der Waals surface area contributed by atoms with Gasteiger partial charge in [0.2, 0.25) is 17.2 Å². The maximum Gasteiger partial charge on any atom is 0.304 e. The van der Waals surface area contributed by atoms with E-state index in [2.05, 4.69) is 0 Å². The quantitative estimate of drug-likeness (QED) is 0.615. The van der Waals surface area contributed by atoms with Crippen molar-refractivity contribution in [2.45, 2.75) is 38.9 Å². The topological polar surface area (TPSA) is 89.9 Å². The second-order valence-electron chi connectivity index (χ2n) is 5.23. The Bertz CT molecular complexity index is 608. The number of ketones is 2. The van der Waals surface area contributed by atoms with Gasteiger partial charge >= 0.3 is 5.97 Å². The summed E-state index contributed by atoms with van der Waals surface area (Å²) >= 11 is 0. The fraction of sp³-hybridized carbons (Fsp3) is 0.400. The first-order valence-corrected chi connectivity index (χ1v) is 6.50. The molecule has 112 valence electrons. The van der Waals surface area contributed by atoms with E-state index in [0.717, 1.165) is 6.92 Å². The number of esters is 1. The Balaban J connectivity index is 2.37. The highest BCUT2D eigenvalue weighted by Crippen LogP contribution is 2.33. The largest absolute Gasteiger partial charge is 0.468 e. The zero-order valence-corrected chi connectivity index (χ0v) is 12.0. The maximum absolute atomic E-state index is 12.4. The van der Waals surface area contributed by atoms with Crippen LogP contribution in [0.25, 0.3) is 0 Å². The molecule has 2 rings (SSSR count). The monoisotopic (exact) mass is 292 g/mol. The average Bonchev–Trinajstić information content (AvgIpc) is 2.35. The number of hydrogen-bond acceptors (Lipinski definition) is 6. The minimum absolute atomic E-state index is 0.174. The smallest absolute Gasteiger partial charge is 0.304 e. The Kier molecular flexibility index (Phi) is 3.82. The van der Waals surface area contributed by atoms with Crippen molar-refractivity contribution >= 4 is 17.5 Å². The third-order valence-corrected chi connectivity index (χ3v) is 3.23. The highest BCUT2D eigenvalue weighted by molar-refractivity contribution is 6.26. The minimum atomic E-state index is -1.85. The number of aliphatic hydroxyl groups is 1. The molecule has 0 aromatic heterocycles. The van der Waals surface area contributed by atoms with Gasteiger partial charge in [-0.15, -0.1) is 0 Å². The zero-order valence-electron chi connectivity index (χ0n) is 12.0. The first-order chi connectivity index (χ1) is 9.74. The summed E-state index contributed by atoms with van der Waals surface area (Å²) in [4.78, 5) is 35.6. The summed E-state index contributed by atoms with van der Waals surface area (Å²) in [5.74, 6) is -1.47. The van der Waals surface area contributed by atoms with Crippen LogP contribution in [0.15, 0.2) is 35.3 Å². The van der Waals surface area contributed by atoms with Gasteiger partial charge in [0.25, 0.3) is 0 Å². The maximum atomic E-state index is 12.4. The van der Waals surface area contributed by atoms with E-state index in [0.29, 0.717) is 11.3 Å². The van der Waals surface area contributed by atoms with Gasteiger partial charge in [-0.2, -0.15) is 0 Å². The molecule has 1 N–H and O–H groups in total. The van der Waals surface area contributed by atoms with Gasteiger partial charge in [0, 0.05) is 13.3 Å². The van der Waals surface area contributed by atoms with Gasteiger partial charge in [0.1, 0.15) is 12.0 Å². The summed E-state index contributed by atoms with van der Waals surface area (Å²) in [6.45, 7) is 4.01. The lowest BCUT2D eigenvalue weighted by atomic mass is 9.80. The van der Waals surface area contributed by atoms with Gasteiger partial charge in [-0.05, 0) is 31.6 Å². The van der Waals surface area contributed by atoms with Crippen LogP contribution in [-0.2, 0) is 23.9 Å². The van der Waals surface area contributed by atoms with Crippen molar-refractivity contribution < 1.29 is 29.0 Å². The molecule has 0 saturated carbocycles. The van der Waals surface area contributed by atoms with Gasteiger partial charge in [-0.1, -0.05) is 0 Å². The van der Waals surface area contributed by atoms with Crippen LogP contribution in [-0.4, -0.2) is 34.3 Å². The van der Waals surface area contributed by atoms with E-state index < -0.39 is 29.2 Å². The molecule has 0 spiro atoms. The van der Waals surface area contributed by atoms with Crippen LogP contribution in [0.4, 0.5) is 0 Å². The number of Topliss-reactive ketones (excluding diaryl/α,β-unsaturated/α-hetero) is 1. The molecule has 0 aromatic rings. The molecule has 0 saturated heterocycles. The van der Waals surface area contributed by atoms with Crippen LogP contribution in [0.3, 0.4) is 0 Å². The van der Waals surface area contributed by atoms with Crippen LogP contribution in [0, 0.1) is 0 Å². The van der Waals surface area contributed by atoms with Gasteiger partial charge in [0.05, 0.1) is 11.7 Å². The lowest BCUT2D eigenvalue weighted by molar-refractivity contribution is -0.167. The fourth-order valence-corrected chi connectivity index (χ4v) is 2.22. The summed E-state index contributed by atoms with van der Waals surface area (Å²) < 4.78 is 10.2. The molecule has 1 aliphatic heterocycles. The summed E-state index contributed by atoms with van der Waals surface area (Å²) in [5, 5.41) is 9.33. The Labute approximate surface area is 121 Å². The molecule has 1 heterocycles. The van der Waals surface area contributed by atoms with Crippen molar-refractivity contribution in [3.63, 3.8) is 0 Å². The third-order valence-electron chi connectivity index (χ3n) is 3.23. The molecule has 21 heavy (non-hydrogen) atoms. The first-order valence-electron chi connectivity index (χ1n) is 6.50. The van der Waals surface area contributed by atoms with E-state index >= 15 is 0 Å². The van der Waals surface area contributed by atoms with E-state index in [1.165, 1.54) is 25.3 Å². The fourth-order valence-electron chi connectivity index (χ4n) is 2.22. The molecule has 2 unspecified atom stereocenters. The Hall–Kier alpha value is -2.21. The van der Waals surface area contributed by atoms with Crippen molar-refractivity contribution in [1.82, 2.24) is 0 Å². The van der Waals surface area contributed by atoms with Crippen molar-refractivity contribution in [3.05, 3.63) is 35.3 Å². The van der Waals surface area contributed by atoms with Crippen LogP contribution < -0.4 is 0 Å². The second kappa shape index (κ2) is 5.29. The molecular weight excluding hydrogens is 276 g/mol. The van der Waals surface area contributed by atoms with Gasteiger partial charge < -0.3 is 14.6 Å². The predicted molar refractivity (Wildman–Crippen MR) is 71.8 cm³/mol. The molecule has 1 aliphatic carbocycles. The van der Waals surface area contributed by atoms with Crippen molar-refractivity contribution in [2.24, 2.45) is 0 Å². The third kappa shape index (κ3) is 2.80. The van der Waals surface area contributed by atoms with Crippen LogP contribution in [0.2, 0.25) is 0 Å². The molecule has 2 atom stereocenters. The van der Waals surface area contributed by atoms with E-state index in [1.807, 2.05) is 0 Å². The van der Waals surface area contributed by atoms with Gasteiger partial charge in [0.15, 0.2) is 0 Å². The number of allylic oxidation sites excluding steroid dienone is 2. The number of ether oxygens (including phenoxy) is 2. The second-order valence-corrected chi connectivity index (χ2v) is 5.23. The number of carbonyl (C=O) groups is 3. The Morgan fingerprint density at radius 1 is 1.43 bits per heavy atom. The molecule has 0 fully saturated rings. The standard InChI is InChI=1S/C15H16O6/c1-8(16)4-11-5-10-6-13(18)15(3,21-9(2)17)14(19)12(10)7-20-11/h5-8,16H,4H2,1-3H3. The van der Waals surface area contributed by atoms with Crippen molar-refractivity contribution in [1.29, 1.82) is 0 Å². The summed E-state index contributed by atoms with van der Waals surface area (Å²) in [5.41, 5.74) is -1.27. The molecule has 0 aromatic carbocycles. The van der Waals surface area contributed by atoms with E-state index in [9.17, 15) is 19.5 Å². The average molecular weight is 292 g/mol. The Morgan fingerprint density at radius 3 is 2.67 bits per heavy atom. The number of hydrogen-bond donors (Lipinski definition) is 1. The first kappa shape index (κ1) is 15.2. The molecule has 0 amide bonds. The predicted octanol–water partition coefficient (Wildman–Crippen LogP) is 0.955. The lowest BCUT2D eigenvalue weighted by Gasteiger charge is -2.31. The molecular formula is C15H16O6. The molecule has 2 aliphatic rings. The molecule has 0 bridgehead atoms. The lowest BCUT2D eigenvalue weighted by Crippen LogP contribution is -2.50. The number of rotatable bonds is 3. The molecule has 6 nitrogen and oxygen atoms in total. The van der Waals surface area contributed by atoms with E-state index in [1.54, 1.807) is 6.92 Å². The summed E-state index contributed by atoms with van der Waals surface area (Å²) in [7, 11) is 0. The van der Waals surface area contributed by atoms with Crippen LogP contribution in [0.1, 0.15) is 27.2 Å². The number of aliphatic hydroxyl groups excluding tert-OH is 1. The highest BCUT2D eigenvalue weighted by atomic mass is 16.6. The SMILES string of the molecule is CC(=O)OC1(C)C(=O)C=C2C=C(CC(C)O)OC=C2C1=O. The van der Waals surface area contributed by atoms with Gasteiger partial charge in [-0.3, -0.25) is 14.4 Å². The minimum Gasteiger partial charge on any atom is -0.468 e. The summed E-state index contributed by atoms with van der Waals surface area (Å²) in [6, 6.07) is 0. The molecule has 6 heteroatoms. The van der Waals surface area contributed by atoms with Gasteiger partial charge in [-0.25, -0.2) is 0 Å². The van der Waals surface area contributed by atoms with Crippen molar-refractivity contribution in [3.8, 4) is 0 Å². The normalized spacial score (nSPS) is 26.0. The van der Waals surface area contributed by atoms with Crippen molar-refractivity contribution in [2.75, 3.05) is 0 Å². The zero-order chi connectivity index (χ0) is 15.8. The highest BCUT2D eigenvalue weighted by Gasteiger charge is 2.48. The van der Waals surface area contributed by atoms with Crippen LogP contribution in [0.5, 0.6) is 0 Å². The Morgan fingerprint density at radius 2 is 2.10 bits per heavy atom. The van der Waals surface area contributed by atoms with Crippen LogP contribution >= 0.6 is 0 Å². The van der Waals surface area contributed by atoms with E-state index in [-0.39, 0.29) is 12.0 Å². The van der Waals surface area contributed by atoms with E-state index in [4.69, 9.17) is 9.47 Å². The molecule has 0 radical (unpaired) electrons. The summed E-state index contributed by atoms with van der Waals surface area (Å²) in [6.07, 6.45) is 3.67. The number of fused-ring (bicyclic) bond motifs is 1. The number of carbonyl (C=O) groups excluding carboxylic acids is 3.